The van der Waals surface area contributed by atoms with E-state index in [0.29, 0.717) is 0 Å². The van der Waals surface area contributed by atoms with Crippen molar-refractivity contribution in [1.29, 1.82) is 0 Å². The number of nitrogens with two attached hydrogens (primary N) is 2. The second-order valence-corrected chi connectivity index (χ2v) is 15.6. The van der Waals surface area contributed by atoms with E-state index in [2.05, 4.69) is 59.7 Å². The summed E-state index contributed by atoms with van der Waals surface area (Å²) in [5.41, 5.74) is 7.00. The highest BCUT2D eigenvalue weighted by Gasteiger charge is 2.57. The Hall–Kier alpha value is -2.79. The molecule has 0 aliphatic carbocycles. The van der Waals surface area contributed by atoms with E-state index in [1.54, 1.807) is 0 Å². The number of alkyl halides is 2. The van der Waals surface area contributed by atoms with Crippen LogP contribution >= 0.6 is 38.5 Å². The van der Waals surface area contributed by atoms with Crippen molar-refractivity contribution in [2.45, 2.75) is 55.4 Å². The highest BCUT2D eigenvalue weighted by atomic mass is 32.7. The molecule has 2 aliphatic rings. The van der Waals surface area contributed by atoms with Gasteiger partial charge in [0.2, 0.25) is 13.2 Å². The lowest BCUT2D eigenvalue weighted by Gasteiger charge is -2.31. The van der Waals surface area contributed by atoms with Crippen LogP contribution < -0.4 is 17.0 Å². The number of anilines is 2. The van der Waals surface area contributed by atoms with Crippen molar-refractivity contribution >= 4 is 72.6 Å². The molecule has 0 amide bonds. The molecular weight excluding hydrogens is 714 g/mol. The Bertz CT molecular complexity index is 1950. The third-order valence-electron chi connectivity index (χ3n) is 7.61. The van der Waals surface area contributed by atoms with E-state index in [4.69, 9.17) is 34.5 Å². The van der Waals surface area contributed by atoms with Gasteiger partial charge in [0.25, 0.3) is 5.56 Å². The smallest absolute Gasteiger partial charge is 0.386 e. The molecule has 256 valence electrons. The number of aliphatic hydroxyl groups excluding tert-OH is 1. The van der Waals surface area contributed by atoms with E-state index in [1.807, 2.05) is 0 Å². The fraction of sp³-hybridized carbons (Fsp3) is 0.571. The number of imidazole rings is 1. The lowest BCUT2D eigenvalue weighted by molar-refractivity contribution is -0.121. The summed E-state index contributed by atoms with van der Waals surface area (Å²) in [7, 11) is -3.06. The number of aromatic amines is 1. The number of aliphatic hydroxyl groups is 1. The van der Waals surface area contributed by atoms with Crippen LogP contribution in [-0.4, -0.2) is 99.1 Å². The lowest BCUT2D eigenvalue weighted by atomic mass is 9.99. The summed E-state index contributed by atoms with van der Waals surface area (Å²) in [4.78, 5) is 30.6. The van der Waals surface area contributed by atoms with Crippen molar-refractivity contribution in [1.82, 2.24) is 44.5 Å². The van der Waals surface area contributed by atoms with E-state index < -0.39 is 87.9 Å². The Morgan fingerprint density at radius 1 is 1.26 bits per heavy atom. The topological polar surface area (TPSA) is 273 Å². The first-order chi connectivity index (χ1) is 22.2. The number of nitrogen functional groups attached to an aromatic ring is 2. The fourth-order valence-corrected chi connectivity index (χ4v) is 7.86. The average Bonchev–Trinajstić information content (AvgIpc) is 3.77. The Kier molecular flexibility index (Phi) is 9.13. The number of H-pyrrole nitrogens is 1. The summed E-state index contributed by atoms with van der Waals surface area (Å²) < 4.78 is 86.2. The maximum Gasteiger partial charge on any atom is 0.386 e. The Morgan fingerprint density at radius 2 is 2.02 bits per heavy atom. The summed E-state index contributed by atoms with van der Waals surface area (Å²) >= 11 is 7.83. The monoisotopic (exact) mass is 741 g/mol. The number of nitrogens with zero attached hydrogens (tertiary/aromatic N) is 8. The molecule has 20 nitrogen and oxygen atoms in total. The number of fused-ring (bicyclic) bond motifs is 2. The van der Waals surface area contributed by atoms with Crippen molar-refractivity contribution in [3.05, 3.63) is 23.0 Å². The van der Waals surface area contributed by atoms with Gasteiger partial charge in [0.05, 0.1) is 19.5 Å². The van der Waals surface area contributed by atoms with Gasteiger partial charge >= 0.3 is 6.80 Å². The van der Waals surface area contributed by atoms with Crippen LogP contribution in [0.2, 0.25) is 0 Å². The van der Waals surface area contributed by atoms with Crippen LogP contribution in [0.3, 0.4) is 0 Å². The molecule has 0 saturated carbocycles. The third kappa shape index (κ3) is 6.27. The molecule has 0 radical (unpaired) electrons. The zero-order chi connectivity index (χ0) is 33.9. The maximum absolute atomic E-state index is 16.0. The van der Waals surface area contributed by atoms with Crippen molar-refractivity contribution < 1.29 is 46.1 Å². The van der Waals surface area contributed by atoms with Crippen LogP contribution in [-0.2, 0) is 32.2 Å². The van der Waals surface area contributed by atoms with Crippen molar-refractivity contribution in [3.8, 4) is 0 Å². The van der Waals surface area contributed by atoms with E-state index in [9.17, 15) is 23.4 Å². The maximum atomic E-state index is 16.0. The Balaban J connectivity index is 1.26. The standard InChI is InChI=1S/C21H27F2N11O9P2S2/c1-20(12(42-44(37)46)9(23)18(40-20)33-7-28-10-13(24)26-6-27-14(10)33)5-39-45(38,47)43-8-2-21(3-22,4-35)41-17(8)34-15-11(31-32-34)16(36)30-19(25)29-15/h6-9,12,17-18,35,44H,2-5H2,1H3,(H,37,46)(H,38,47)(H2,24,26,27)(H3,25,29,30,36)/t8-,9+,12+,17-,18-,20-,21-,45?/m1/s1. The number of thiol groups is 2. The third-order valence-corrected chi connectivity index (χ3v) is 10.0. The van der Waals surface area contributed by atoms with Crippen LogP contribution in [0.4, 0.5) is 20.5 Å². The summed E-state index contributed by atoms with van der Waals surface area (Å²) in [6.07, 6.45) is -5.95. The number of aromatic nitrogens is 9. The average molecular weight is 742 g/mol. The minimum atomic E-state index is -4.51. The van der Waals surface area contributed by atoms with Crippen LogP contribution in [0.15, 0.2) is 17.4 Å². The second-order valence-electron chi connectivity index (χ2n) is 10.9. The van der Waals surface area contributed by atoms with Gasteiger partial charge in [-0.25, -0.2) is 28.3 Å². The zero-order valence-electron chi connectivity index (χ0n) is 23.9. The van der Waals surface area contributed by atoms with Gasteiger partial charge in [-0.15, -0.1) is 5.10 Å². The van der Waals surface area contributed by atoms with E-state index >= 15 is 4.39 Å². The van der Waals surface area contributed by atoms with Gasteiger partial charge in [0, 0.05) is 6.42 Å². The SMILES string of the molecule is C[C@]1(COP(=O)(S)O[C@@H]2C[C@](CO)(CF)O[C@H]2n2nnc3c(=O)[nH]c(N)nc32)O[C@@H](n2cnc3c(N)ncnc32)[C@@H](F)[C@@H]1O[PH](=O)S. The number of hydrogen-bond donors (Lipinski definition) is 6. The second kappa shape index (κ2) is 12.6. The Morgan fingerprint density at radius 3 is 2.72 bits per heavy atom. The van der Waals surface area contributed by atoms with Crippen LogP contribution in [0.1, 0.15) is 25.8 Å². The molecule has 0 aromatic carbocycles. The van der Waals surface area contributed by atoms with E-state index in [1.165, 1.54) is 17.8 Å². The molecule has 6 rings (SSSR count). The summed E-state index contributed by atoms with van der Waals surface area (Å²) in [5, 5.41) is 17.5. The van der Waals surface area contributed by atoms with Gasteiger partial charge < -0.3 is 30.6 Å². The van der Waals surface area contributed by atoms with Gasteiger partial charge in [-0.3, -0.25) is 28.0 Å². The number of hydrogen-bond acceptors (Lipinski definition) is 17. The summed E-state index contributed by atoms with van der Waals surface area (Å²) in [6, 6.07) is 0. The largest absolute Gasteiger partial charge is 0.393 e. The van der Waals surface area contributed by atoms with E-state index in [0.717, 1.165) is 11.0 Å². The fourth-order valence-electron chi connectivity index (χ4n) is 5.39. The summed E-state index contributed by atoms with van der Waals surface area (Å²) in [6.45, 7) is -5.90. The zero-order valence-corrected chi connectivity index (χ0v) is 27.6. The first kappa shape index (κ1) is 34.1. The lowest BCUT2D eigenvalue weighted by Crippen LogP contribution is -2.43. The van der Waals surface area contributed by atoms with Gasteiger partial charge in [-0.1, -0.05) is 29.7 Å². The van der Waals surface area contributed by atoms with Crippen molar-refractivity contribution in [2.75, 3.05) is 31.4 Å². The molecular formula is C21H27F2N11O9P2S2. The molecule has 6 heterocycles. The predicted molar refractivity (Wildman–Crippen MR) is 164 cm³/mol. The van der Waals surface area contributed by atoms with Crippen molar-refractivity contribution in [2.24, 2.45) is 0 Å². The molecule has 2 unspecified atom stereocenters. The highest BCUT2D eigenvalue weighted by Crippen LogP contribution is 2.59. The number of ether oxygens (including phenoxy) is 2. The van der Waals surface area contributed by atoms with Gasteiger partial charge in [-0.05, 0) is 6.92 Å². The quantitative estimate of drug-likeness (QED) is 0.0921. The first-order valence-electron chi connectivity index (χ1n) is 13.5. The van der Waals surface area contributed by atoms with Gasteiger partial charge in [0.1, 0.15) is 41.9 Å². The number of rotatable bonds is 11. The molecule has 47 heavy (non-hydrogen) atoms. The van der Waals surface area contributed by atoms with Gasteiger partial charge in [0.15, 0.2) is 41.3 Å². The Labute approximate surface area is 272 Å². The van der Waals surface area contributed by atoms with Crippen molar-refractivity contribution in [3.63, 3.8) is 0 Å². The molecule has 0 bridgehead atoms. The minimum Gasteiger partial charge on any atom is -0.393 e. The molecule has 2 saturated heterocycles. The first-order valence-corrected chi connectivity index (χ1v) is 18.8. The molecule has 0 spiro atoms. The molecule has 2 aliphatic heterocycles. The number of nitrogens with one attached hydrogen (secondary N) is 1. The molecule has 9 atom stereocenters. The normalized spacial score (nSPS) is 31.5. The molecule has 26 heteroatoms. The minimum absolute atomic E-state index is 0.0340. The summed E-state index contributed by atoms with van der Waals surface area (Å²) in [5.74, 6) is -0.259. The predicted octanol–water partition coefficient (Wildman–Crippen LogP) is 0.908. The van der Waals surface area contributed by atoms with Crippen LogP contribution in [0.25, 0.3) is 22.3 Å². The van der Waals surface area contributed by atoms with Crippen LogP contribution in [0, 0.1) is 0 Å². The number of halogens is 2. The molecule has 6 N–H and O–H groups in total. The van der Waals surface area contributed by atoms with Crippen LogP contribution in [0.5, 0.6) is 0 Å². The molecule has 2 fully saturated rings. The molecule has 4 aromatic rings. The van der Waals surface area contributed by atoms with E-state index in [-0.39, 0.29) is 34.1 Å². The highest BCUT2D eigenvalue weighted by molar-refractivity contribution is 8.44. The molecule has 4 aromatic heterocycles. The van der Waals surface area contributed by atoms with Gasteiger partial charge in [-0.2, -0.15) is 9.67 Å².